The topological polar surface area (TPSA) is 24.5 Å². The van der Waals surface area contributed by atoms with Crippen LogP contribution in [0.25, 0.3) is 0 Å². The number of nitrogens with zero attached hydrogens (tertiary/aromatic N) is 1. The highest BCUT2D eigenvalue weighted by atomic mass is 16.5. The Balaban J connectivity index is 2.07. The Morgan fingerprint density at radius 2 is 2.36 bits per heavy atom. The molecule has 3 nitrogen and oxygen atoms in total. The zero-order valence-corrected chi connectivity index (χ0v) is 7.26. The van der Waals surface area contributed by atoms with Crippen molar-refractivity contribution in [1.82, 2.24) is 10.2 Å². The second-order valence-corrected chi connectivity index (χ2v) is 3.75. The molecule has 0 aromatic heterocycles. The Hall–Kier alpha value is -0.120. The Morgan fingerprint density at radius 3 is 2.73 bits per heavy atom. The van der Waals surface area contributed by atoms with Gasteiger partial charge in [0.25, 0.3) is 0 Å². The van der Waals surface area contributed by atoms with E-state index in [1.807, 2.05) is 7.11 Å². The van der Waals surface area contributed by atoms with E-state index in [1.54, 1.807) is 0 Å². The van der Waals surface area contributed by atoms with Gasteiger partial charge in [-0.15, -0.1) is 0 Å². The molecule has 0 bridgehead atoms. The number of hydrogen-bond acceptors (Lipinski definition) is 3. The molecule has 64 valence electrons. The van der Waals surface area contributed by atoms with Crippen molar-refractivity contribution in [1.29, 1.82) is 0 Å². The maximum absolute atomic E-state index is 5.44. The van der Waals surface area contributed by atoms with Gasteiger partial charge in [0.15, 0.2) is 0 Å². The van der Waals surface area contributed by atoms with Crippen LogP contribution in [0.2, 0.25) is 0 Å². The normalized spacial score (nSPS) is 44.7. The van der Waals surface area contributed by atoms with Crippen molar-refractivity contribution in [2.75, 3.05) is 33.8 Å². The quantitative estimate of drug-likeness (QED) is 0.563. The van der Waals surface area contributed by atoms with Crippen molar-refractivity contribution in [2.24, 2.45) is 0 Å². The van der Waals surface area contributed by atoms with E-state index in [9.17, 15) is 0 Å². The molecule has 11 heavy (non-hydrogen) atoms. The molecule has 1 spiro atoms. The molecule has 0 radical (unpaired) electrons. The van der Waals surface area contributed by atoms with E-state index in [4.69, 9.17) is 4.74 Å². The molecule has 0 aromatic rings. The number of likely N-dealkylation sites (tertiary alicyclic amines) is 1. The Morgan fingerprint density at radius 1 is 1.64 bits per heavy atom. The number of hydrogen-bond donors (Lipinski definition) is 1. The van der Waals surface area contributed by atoms with Crippen LogP contribution in [0.5, 0.6) is 0 Å². The van der Waals surface area contributed by atoms with E-state index in [2.05, 4.69) is 17.3 Å². The standard InChI is InChI=1S/C8H16N2O/c1-10-5-7(11-2)8(6-10)3-4-9-8/h7,9H,3-6H2,1-2H3. The molecule has 2 aliphatic rings. The average Bonchev–Trinajstić information content (AvgIpc) is 2.25. The molecule has 2 heterocycles. The van der Waals surface area contributed by atoms with Crippen molar-refractivity contribution in [3.05, 3.63) is 0 Å². The van der Waals surface area contributed by atoms with Crippen LogP contribution in [0.4, 0.5) is 0 Å². The van der Waals surface area contributed by atoms with Gasteiger partial charge in [-0.25, -0.2) is 0 Å². The van der Waals surface area contributed by atoms with Gasteiger partial charge in [0.1, 0.15) is 0 Å². The third kappa shape index (κ3) is 0.991. The Bertz CT molecular complexity index is 156. The summed E-state index contributed by atoms with van der Waals surface area (Å²) in [7, 11) is 3.96. The molecule has 0 aliphatic carbocycles. The van der Waals surface area contributed by atoms with E-state index in [0.717, 1.165) is 19.6 Å². The van der Waals surface area contributed by atoms with Gasteiger partial charge in [-0.1, -0.05) is 0 Å². The van der Waals surface area contributed by atoms with Crippen molar-refractivity contribution >= 4 is 0 Å². The van der Waals surface area contributed by atoms with Crippen molar-refractivity contribution in [2.45, 2.75) is 18.1 Å². The lowest BCUT2D eigenvalue weighted by Gasteiger charge is -2.43. The van der Waals surface area contributed by atoms with Crippen LogP contribution >= 0.6 is 0 Å². The fourth-order valence-corrected chi connectivity index (χ4v) is 2.26. The second kappa shape index (κ2) is 2.44. The van der Waals surface area contributed by atoms with Gasteiger partial charge in [0.2, 0.25) is 0 Å². The number of ether oxygens (including phenoxy) is 1. The van der Waals surface area contributed by atoms with Gasteiger partial charge < -0.3 is 15.0 Å². The first-order valence-corrected chi connectivity index (χ1v) is 4.23. The number of likely N-dealkylation sites (N-methyl/N-ethyl adjacent to an activating group) is 1. The predicted molar refractivity (Wildman–Crippen MR) is 43.6 cm³/mol. The molecule has 0 aromatic carbocycles. The van der Waals surface area contributed by atoms with Gasteiger partial charge in [-0.2, -0.15) is 0 Å². The third-order valence-electron chi connectivity index (χ3n) is 2.98. The zero-order chi connectivity index (χ0) is 7.90. The minimum atomic E-state index is 0.309. The molecule has 2 aliphatic heterocycles. The lowest BCUT2D eigenvalue weighted by molar-refractivity contribution is 0.0178. The predicted octanol–water partition coefficient (Wildman–Crippen LogP) is -0.321. The molecule has 2 saturated heterocycles. The maximum Gasteiger partial charge on any atom is 0.0892 e. The molecule has 0 amide bonds. The highest BCUT2D eigenvalue weighted by Crippen LogP contribution is 2.31. The monoisotopic (exact) mass is 156 g/mol. The number of nitrogens with one attached hydrogen (secondary N) is 1. The van der Waals surface area contributed by atoms with E-state index >= 15 is 0 Å². The summed E-state index contributed by atoms with van der Waals surface area (Å²) >= 11 is 0. The van der Waals surface area contributed by atoms with Crippen LogP contribution in [0, 0.1) is 0 Å². The minimum absolute atomic E-state index is 0.309. The minimum Gasteiger partial charge on any atom is -0.378 e. The Labute approximate surface area is 67.7 Å². The summed E-state index contributed by atoms with van der Waals surface area (Å²) < 4.78 is 5.44. The fraction of sp³-hybridized carbons (Fsp3) is 1.00. The lowest BCUT2D eigenvalue weighted by Crippen LogP contribution is -2.64. The maximum atomic E-state index is 5.44. The summed E-state index contributed by atoms with van der Waals surface area (Å²) in [4.78, 5) is 2.33. The summed E-state index contributed by atoms with van der Waals surface area (Å²) in [5.74, 6) is 0. The van der Waals surface area contributed by atoms with E-state index < -0.39 is 0 Å². The molecular formula is C8H16N2O. The van der Waals surface area contributed by atoms with Crippen LogP contribution in [-0.2, 0) is 4.74 Å². The van der Waals surface area contributed by atoms with Crippen LogP contribution in [-0.4, -0.2) is 50.3 Å². The van der Waals surface area contributed by atoms with Gasteiger partial charge >= 0.3 is 0 Å². The highest BCUT2D eigenvalue weighted by molar-refractivity contribution is 5.09. The van der Waals surface area contributed by atoms with E-state index in [1.165, 1.54) is 6.42 Å². The molecule has 3 heteroatoms. The zero-order valence-electron chi connectivity index (χ0n) is 7.26. The summed E-state index contributed by atoms with van der Waals surface area (Å²) in [6.45, 7) is 3.38. The second-order valence-electron chi connectivity index (χ2n) is 3.75. The first kappa shape index (κ1) is 7.53. The molecular weight excluding hydrogens is 140 g/mol. The summed E-state index contributed by atoms with van der Waals surface area (Å²) in [6.07, 6.45) is 1.68. The summed E-state index contributed by atoms with van der Waals surface area (Å²) in [5.41, 5.74) is 0.309. The smallest absolute Gasteiger partial charge is 0.0892 e. The third-order valence-corrected chi connectivity index (χ3v) is 2.98. The molecule has 2 rings (SSSR count). The van der Waals surface area contributed by atoms with E-state index in [-0.39, 0.29) is 0 Å². The Kier molecular flexibility index (Phi) is 1.67. The van der Waals surface area contributed by atoms with Crippen LogP contribution in [0.15, 0.2) is 0 Å². The molecule has 0 saturated carbocycles. The first-order chi connectivity index (χ1) is 5.27. The van der Waals surface area contributed by atoms with Crippen molar-refractivity contribution in [3.63, 3.8) is 0 Å². The molecule has 2 unspecified atom stereocenters. The first-order valence-electron chi connectivity index (χ1n) is 4.23. The lowest BCUT2D eigenvalue weighted by atomic mass is 9.85. The van der Waals surface area contributed by atoms with E-state index in [0.29, 0.717) is 11.6 Å². The molecule has 2 fully saturated rings. The van der Waals surface area contributed by atoms with Gasteiger partial charge in [-0.05, 0) is 20.0 Å². The van der Waals surface area contributed by atoms with Gasteiger partial charge in [0.05, 0.1) is 11.6 Å². The van der Waals surface area contributed by atoms with Crippen molar-refractivity contribution < 1.29 is 4.74 Å². The molecule has 1 N–H and O–H groups in total. The number of methoxy groups -OCH3 is 1. The average molecular weight is 156 g/mol. The summed E-state index contributed by atoms with van der Waals surface area (Å²) in [6, 6.07) is 0. The fourth-order valence-electron chi connectivity index (χ4n) is 2.26. The van der Waals surface area contributed by atoms with Crippen LogP contribution in [0.3, 0.4) is 0 Å². The largest absolute Gasteiger partial charge is 0.378 e. The number of rotatable bonds is 1. The van der Waals surface area contributed by atoms with Crippen molar-refractivity contribution in [3.8, 4) is 0 Å². The van der Waals surface area contributed by atoms with Gasteiger partial charge in [-0.3, -0.25) is 0 Å². The SMILES string of the molecule is COC1CN(C)CC12CCN2. The highest BCUT2D eigenvalue weighted by Gasteiger charge is 2.49. The van der Waals surface area contributed by atoms with Gasteiger partial charge in [0, 0.05) is 20.2 Å². The van der Waals surface area contributed by atoms with Crippen LogP contribution < -0.4 is 5.32 Å². The van der Waals surface area contributed by atoms with Crippen LogP contribution in [0.1, 0.15) is 6.42 Å². The summed E-state index contributed by atoms with van der Waals surface area (Å²) in [5, 5.41) is 3.49. The molecule has 2 atom stereocenters.